The Bertz CT molecular complexity index is 1130. The van der Waals surface area contributed by atoms with Crippen LogP contribution in [0.2, 0.25) is 0 Å². The van der Waals surface area contributed by atoms with Gasteiger partial charge in [-0.2, -0.15) is 0 Å². The SMILES string of the molecule is O=C(c1ccccc1F)N1CC[C@@H]2[C@H]1c1cc(-c3ccc(F)cc3)ccc1N[C@@H]2CO. The van der Waals surface area contributed by atoms with E-state index in [1.165, 1.54) is 24.3 Å². The van der Waals surface area contributed by atoms with E-state index in [9.17, 15) is 18.7 Å². The molecule has 0 spiro atoms. The molecule has 3 aromatic rings. The van der Waals surface area contributed by atoms with E-state index >= 15 is 0 Å². The topological polar surface area (TPSA) is 52.6 Å². The molecular formula is C25H22F2N2O2. The zero-order valence-electron chi connectivity index (χ0n) is 16.8. The summed E-state index contributed by atoms with van der Waals surface area (Å²) < 4.78 is 27.7. The van der Waals surface area contributed by atoms with Crippen LogP contribution in [0.15, 0.2) is 66.7 Å². The Balaban J connectivity index is 1.58. The fraction of sp³-hybridized carbons (Fsp3) is 0.240. The van der Waals surface area contributed by atoms with Crippen molar-refractivity contribution in [3.63, 3.8) is 0 Å². The molecule has 1 saturated heterocycles. The van der Waals surface area contributed by atoms with Gasteiger partial charge < -0.3 is 15.3 Å². The monoisotopic (exact) mass is 420 g/mol. The number of aliphatic hydroxyl groups excluding tert-OH is 1. The van der Waals surface area contributed by atoms with Gasteiger partial charge in [0.25, 0.3) is 5.91 Å². The van der Waals surface area contributed by atoms with Gasteiger partial charge in [-0.05, 0) is 59.5 Å². The molecule has 3 aromatic carbocycles. The number of carbonyl (C=O) groups is 1. The van der Waals surface area contributed by atoms with E-state index in [2.05, 4.69) is 5.32 Å². The van der Waals surface area contributed by atoms with Gasteiger partial charge in [0.05, 0.1) is 24.3 Å². The van der Waals surface area contributed by atoms with Crippen molar-refractivity contribution in [2.75, 3.05) is 18.5 Å². The molecule has 0 bridgehead atoms. The summed E-state index contributed by atoms with van der Waals surface area (Å²) in [7, 11) is 0. The molecule has 0 saturated carbocycles. The van der Waals surface area contributed by atoms with Gasteiger partial charge in [0.1, 0.15) is 11.6 Å². The van der Waals surface area contributed by atoms with E-state index in [1.807, 2.05) is 18.2 Å². The van der Waals surface area contributed by atoms with Gasteiger partial charge in [-0.3, -0.25) is 4.79 Å². The maximum Gasteiger partial charge on any atom is 0.257 e. The van der Waals surface area contributed by atoms with Crippen molar-refractivity contribution < 1.29 is 18.7 Å². The van der Waals surface area contributed by atoms with Crippen molar-refractivity contribution in [3.8, 4) is 11.1 Å². The van der Waals surface area contributed by atoms with Gasteiger partial charge in [0, 0.05) is 18.2 Å². The summed E-state index contributed by atoms with van der Waals surface area (Å²) in [5, 5.41) is 13.3. The molecule has 6 heteroatoms. The molecule has 2 aliphatic rings. The molecule has 1 fully saturated rings. The van der Waals surface area contributed by atoms with E-state index in [-0.39, 0.29) is 41.9 Å². The second-order valence-electron chi connectivity index (χ2n) is 8.12. The summed E-state index contributed by atoms with van der Waals surface area (Å²) in [6, 6.07) is 17.7. The third kappa shape index (κ3) is 3.37. The van der Waals surface area contributed by atoms with E-state index in [0.29, 0.717) is 13.0 Å². The van der Waals surface area contributed by atoms with Gasteiger partial charge in [-0.1, -0.05) is 30.3 Å². The number of aliphatic hydroxyl groups is 1. The van der Waals surface area contributed by atoms with Crippen molar-refractivity contribution in [3.05, 3.63) is 89.5 Å². The Hall–Kier alpha value is -3.25. The average molecular weight is 420 g/mol. The number of hydrogen-bond acceptors (Lipinski definition) is 3. The van der Waals surface area contributed by atoms with E-state index in [4.69, 9.17) is 0 Å². The highest BCUT2D eigenvalue weighted by atomic mass is 19.1. The first-order chi connectivity index (χ1) is 15.1. The molecule has 0 unspecified atom stereocenters. The standard InChI is InChI=1S/C25H22F2N2O2/c26-17-8-5-15(6-9-17)16-7-10-22-20(13-16)24-19(23(14-30)28-22)11-12-29(24)25(31)18-3-1-2-4-21(18)27/h1-10,13,19,23-24,28,30H,11-12,14H2/t19-,23+,24-/m0/s1. The Morgan fingerprint density at radius 2 is 1.77 bits per heavy atom. The number of carbonyl (C=O) groups excluding carboxylic acids is 1. The van der Waals surface area contributed by atoms with Crippen LogP contribution in [0.3, 0.4) is 0 Å². The first-order valence-electron chi connectivity index (χ1n) is 10.4. The number of halogens is 2. The number of amides is 1. The molecule has 0 aromatic heterocycles. The van der Waals surface area contributed by atoms with Crippen molar-refractivity contribution in [1.82, 2.24) is 4.90 Å². The highest BCUT2D eigenvalue weighted by molar-refractivity contribution is 5.95. The largest absolute Gasteiger partial charge is 0.394 e. The minimum atomic E-state index is -0.538. The minimum Gasteiger partial charge on any atom is -0.394 e. The summed E-state index contributed by atoms with van der Waals surface area (Å²) in [5.41, 5.74) is 3.61. The van der Waals surface area contributed by atoms with E-state index < -0.39 is 5.82 Å². The third-order valence-electron chi connectivity index (χ3n) is 6.41. The van der Waals surface area contributed by atoms with E-state index in [0.717, 1.165) is 22.4 Å². The molecular weight excluding hydrogens is 398 g/mol. The molecule has 158 valence electrons. The Kier molecular flexibility index (Phi) is 4.94. The van der Waals surface area contributed by atoms with Crippen molar-refractivity contribution in [2.45, 2.75) is 18.5 Å². The smallest absolute Gasteiger partial charge is 0.257 e. The van der Waals surface area contributed by atoms with Gasteiger partial charge >= 0.3 is 0 Å². The van der Waals surface area contributed by atoms with Crippen LogP contribution in [0.1, 0.15) is 28.4 Å². The Labute approximate surface area is 179 Å². The summed E-state index contributed by atoms with van der Waals surface area (Å²) in [4.78, 5) is 15.0. The first kappa shape index (κ1) is 19.7. The molecule has 4 nitrogen and oxygen atoms in total. The summed E-state index contributed by atoms with van der Waals surface area (Å²) >= 11 is 0. The molecule has 0 aliphatic carbocycles. The van der Waals surface area contributed by atoms with Gasteiger partial charge in [-0.25, -0.2) is 8.78 Å². The summed E-state index contributed by atoms with van der Waals surface area (Å²) in [6.07, 6.45) is 0.712. The lowest BCUT2D eigenvalue weighted by Crippen LogP contribution is -2.43. The lowest BCUT2D eigenvalue weighted by atomic mass is 9.82. The Morgan fingerprint density at radius 1 is 1.03 bits per heavy atom. The van der Waals surface area contributed by atoms with Crippen LogP contribution >= 0.6 is 0 Å². The molecule has 5 rings (SSSR count). The predicted octanol–water partition coefficient (Wildman–Crippen LogP) is 4.62. The molecule has 3 atom stereocenters. The number of nitrogens with zero attached hydrogens (tertiary/aromatic N) is 1. The number of fused-ring (bicyclic) bond motifs is 3. The molecule has 2 heterocycles. The lowest BCUT2D eigenvalue weighted by molar-refractivity contribution is 0.0696. The second kappa shape index (κ2) is 7.78. The fourth-order valence-corrected chi connectivity index (χ4v) is 4.90. The minimum absolute atomic E-state index is 0.0108. The maximum absolute atomic E-state index is 14.3. The molecule has 31 heavy (non-hydrogen) atoms. The van der Waals surface area contributed by atoms with Crippen LogP contribution in [0.4, 0.5) is 14.5 Å². The quantitative estimate of drug-likeness (QED) is 0.650. The molecule has 2 N–H and O–H groups in total. The van der Waals surface area contributed by atoms with Gasteiger partial charge in [-0.15, -0.1) is 0 Å². The highest BCUT2D eigenvalue weighted by Crippen LogP contribution is 2.47. The predicted molar refractivity (Wildman–Crippen MR) is 115 cm³/mol. The van der Waals surface area contributed by atoms with Crippen LogP contribution in [0, 0.1) is 17.6 Å². The number of rotatable bonds is 3. The zero-order chi connectivity index (χ0) is 21.5. The maximum atomic E-state index is 14.3. The molecule has 2 aliphatic heterocycles. The molecule has 0 radical (unpaired) electrons. The van der Waals surface area contributed by atoms with Gasteiger partial charge in [0.15, 0.2) is 0 Å². The van der Waals surface area contributed by atoms with E-state index in [1.54, 1.807) is 29.2 Å². The van der Waals surface area contributed by atoms with Gasteiger partial charge in [0.2, 0.25) is 0 Å². The number of hydrogen-bond donors (Lipinski definition) is 2. The van der Waals surface area contributed by atoms with Crippen molar-refractivity contribution >= 4 is 11.6 Å². The van der Waals surface area contributed by atoms with Crippen LogP contribution < -0.4 is 5.32 Å². The average Bonchev–Trinajstić information content (AvgIpc) is 3.24. The lowest BCUT2D eigenvalue weighted by Gasteiger charge is -2.39. The third-order valence-corrected chi connectivity index (χ3v) is 6.41. The van der Waals surface area contributed by atoms with Crippen LogP contribution in [0.25, 0.3) is 11.1 Å². The summed E-state index contributed by atoms with van der Waals surface area (Å²) in [5.74, 6) is -1.17. The Morgan fingerprint density at radius 3 is 2.52 bits per heavy atom. The zero-order valence-corrected chi connectivity index (χ0v) is 16.8. The molecule has 1 amide bonds. The first-order valence-corrected chi connectivity index (χ1v) is 10.4. The van der Waals surface area contributed by atoms with Crippen molar-refractivity contribution in [2.24, 2.45) is 5.92 Å². The summed E-state index contributed by atoms with van der Waals surface area (Å²) in [6.45, 7) is 0.433. The number of likely N-dealkylation sites (tertiary alicyclic amines) is 1. The number of nitrogens with one attached hydrogen (secondary N) is 1. The fourth-order valence-electron chi connectivity index (χ4n) is 4.90. The van der Waals surface area contributed by atoms with Crippen LogP contribution in [-0.4, -0.2) is 35.1 Å². The van der Waals surface area contributed by atoms with Crippen molar-refractivity contribution in [1.29, 1.82) is 0 Å². The highest BCUT2D eigenvalue weighted by Gasteiger charge is 2.46. The number of anilines is 1. The van der Waals surface area contributed by atoms with Crippen LogP contribution in [0.5, 0.6) is 0 Å². The number of benzene rings is 3. The van der Waals surface area contributed by atoms with Crippen LogP contribution in [-0.2, 0) is 0 Å². The normalized spacial score (nSPS) is 21.9. The second-order valence-corrected chi connectivity index (χ2v) is 8.12.